The summed E-state index contributed by atoms with van der Waals surface area (Å²) in [6.45, 7) is 4.46. The number of pyridine rings is 1. The van der Waals surface area contributed by atoms with Crippen LogP contribution in [0.25, 0.3) is 5.69 Å². The zero-order valence-corrected chi connectivity index (χ0v) is 16.4. The highest BCUT2D eigenvalue weighted by Crippen LogP contribution is 2.27. The van der Waals surface area contributed by atoms with Crippen LogP contribution in [0.15, 0.2) is 47.4 Å². The highest BCUT2D eigenvalue weighted by Gasteiger charge is 2.34. The van der Waals surface area contributed by atoms with E-state index in [2.05, 4.69) is 0 Å². The minimum absolute atomic E-state index is 0.0894. The molecule has 1 aliphatic rings. The van der Waals surface area contributed by atoms with Gasteiger partial charge in [0, 0.05) is 43.8 Å². The predicted octanol–water partition coefficient (Wildman–Crippen LogP) is 3.39. The van der Waals surface area contributed by atoms with Gasteiger partial charge in [-0.25, -0.2) is 4.79 Å². The Morgan fingerprint density at radius 3 is 2.64 bits per heavy atom. The molecule has 0 bridgehead atoms. The first-order valence-electron chi connectivity index (χ1n) is 9.42. The van der Waals surface area contributed by atoms with Gasteiger partial charge in [-0.2, -0.15) is 0 Å². The van der Waals surface area contributed by atoms with Crippen LogP contribution in [0.1, 0.15) is 26.7 Å². The van der Waals surface area contributed by atoms with Gasteiger partial charge in [0.25, 0.3) is 5.56 Å². The summed E-state index contributed by atoms with van der Waals surface area (Å²) in [6.07, 6.45) is 1.89. The lowest BCUT2D eigenvalue weighted by atomic mass is 9.91. The van der Waals surface area contributed by atoms with Crippen LogP contribution in [-0.4, -0.2) is 46.5 Å². The summed E-state index contributed by atoms with van der Waals surface area (Å²) in [5.74, 6) is 1.37. The van der Waals surface area contributed by atoms with Gasteiger partial charge in [0.2, 0.25) is 0 Å². The number of likely N-dealkylation sites (tertiary alicyclic amines) is 1. The van der Waals surface area contributed by atoms with Crippen molar-refractivity contribution in [2.45, 2.75) is 38.8 Å². The number of hydrogen-bond donors (Lipinski definition) is 1. The monoisotopic (exact) mass is 386 g/mol. The number of rotatable bonds is 5. The van der Waals surface area contributed by atoms with Crippen molar-refractivity contribution in [2.75, 3.05) is 13.7 Å². The minimum Gasteiger partial charge on any atom is -0.497 e. The molecule has 0 saturated carbocycles. The molecule has 2 atom stereocenters. The number of carbonyl (C=O) groups is 1. The first-order chi connectivity index (χ1) is 13.4. The van der Waals surface area contributed by atoms with Gasteiger partial charge in [-0.15, -0.1) is 0 Å². The van der Waals surface area contributed by atoms with Crippen LogP contribution < -0.4 is 15.0 Å². The largest absolute Gasteiger partial charge is 0.497 e. The fourth-order valence-corrected chi connectivity index (χ4v) is 3.64. The molecular weight excluding hydrogens is 360 g/mol. The van der Waals surface area contributed by atoms with Gasteiger partial charge in [-0.05, 0) is 24.1 Å². The van der Waals surface area contributed by atoms with Gasteiger partial charge in [-0.3, -0.25) is 9.36 Å². The molecule has 28 heavy (non-hydrogen) atoms. The number of aromatic nitrogens is 1. The van der Waals surface area contributed by atoms with E-state index in [0.29, 0.717) is 36.6 Å². The van der Waals surface area contributed by atoms with Crippen molar-refractivity contribution < 1.29 is 19.4 Å². The quantitative estimate of drug-likeness (QED) is 0.852. The summed E-state index contributed by atoms with van der Waals surface area (Å²) in [6, 6.07) is 10.4. The SMILES string of the molecule is COc1cccc(-n2ccc(OC3CCN(C(=O)O)C(C(C)C)C3)cc2=O)c1. The fraction of sp³-hybridized carbons (Fsp3) is 0.429. The number of piperidine rings is 1. The maximum absolute atomic E-state index is 12.6. The Kier molecular flexibility index (Phi) is 5.92. The van der Waals surface area contributed by atoms with E-state index in [9.17, 15) is 14.7 Å². The van der Waals surface area contributed by atoms with E-state index in [4.69, 9.17) is 9.47 Å². The van der Waals surface area contributed by atoms with Crippen LogP contribution in [0.3, 0.4) is 0 Å². The van der Waals surface area contributed by atoms with Gasteiger partial charge in [0.1, 0.15) is 17.6 Å². The zero-order chi connectivity index (χ0) is 20.3. The second-order valence-electron chi connectivity index (χ2n) is 7.32. The summed E-state index contributed by atoms with van der Waals surface area (Å²) < 4.78 is 12.8. The molecule has 0 aliphatic carbocycles. The molecular formula is C21H26N2O5. The molecule has 150 valence electrons. The smallest absolute Gasteiger partial charge is 0.407 e. The van der Waals surface area contributed by atoms with Crippen LogP contribution in [0.5, 0.6) is 11.5 Å². The molecule has 2 aromatic rings. The Morgan fingerprint density at radius 2 is 2.00 bits per heavy atom. The maximum atomic E-state index is 12.6. The van der Waals surface area contributed by atoms with Crippen LogP contribution >= 0.6 is 0 Å². The van der Waals surface area contributed by atoms with Crippen molar-refractivity contribution in [3.63, 3.8) is 0 Å². The average Bonchev–Trinajstić information content (AvgIpc) is 2.68. The molecule has 7 heteroatoms. The second-order valence-corrected chi connectivity index (χ2v) is 7.32. The number of ether oxygens (including phenoxy) is 2. The zero-order valence-electron chi connectivity index (χ0n) is 16.4. The Balaban J connectivity index is 1.74. The first kappa shape index (κ1) is 19.8. The summed E-state index contributed by atoms with van der Waals surface area (Å²) in [5, 5.41) is 9.38. The molecule has 0 spiro atoms. The Hall–Kier alpha value is -2.96. The van der Waals surface area contributed by atoms with Gasteiger partial charge in [0.05, 0.1) is 12.8 Å². The fourth-order valence-electron chi connectivity index (χ4n) is 3.64. The highest BCUT2D eigenvalue weighted by atomic mass is 16.5. The van der Waals surface area contributed by atoms with E-state index in [1.807, 2.05) is 32.0 Å². The van der Waals surface area contributed by atoms with Crippen molar-refractivity contribution in [1.82, 2.24) is 9.47 Å². The van der Waals surface area contributed by atoms with Crippen molar-refractivity contribution in [3.05, 3.63) is 52.9 Å². The lowest BCUT2D eigenvalue weighted by molar-refractivity contribution is 0.0381. The van der Waals surface area contributed by atoms with Crippen molar-refractivity contribution in [2.24, 2.45) is 5.92 Å². The molecule has 1 amide bonds. The van der Waals surface area contributed by atoms with E-state index in [1.165, 1.54) is 15.5 Å². The van der Waals surface area contributed by atoms with Gasteiger partial charge in [-0.1, -0.05) is 19.9 Å². The molecule has 2 heterocycles. The van der Waals surface area contributed by atoms with E-state index in [-0.39, 0.29) is 23.6 Å². The second kappa shape index (κ2) is 8.37. The standard InChI is InChI=1S/C21H26N2O5/c1-14(2)19-12-17(8-10-23(19)21(25)26)28-18-7-9-22(20(24)13-18)15-5-4-6-16(11-15)27-3/h4-7,9,11,13-14,17,19H,8,10,12H2,1-3H3,(H,25,26). The molecule has 1 fully saturated rings. The molecule has 3 rings (SSSR count). The first-order valence-corrected chi connectivity index (χ1v) is 9.42. The van der Waals surface area contributed by atoms with E-state index in [0.717, 1.165) is 0 Å². The predicted molar refractivity (Wildman–Crippen MR) is 106 cm³/mol. The van der Waals surface area contributed by atoms with Gasteiger partial charge in [0.15, 0.2) is 0 Å². The Morgan fingerprint density at radius 1 is 1.21 bits per heavy atom. The maximum Gasteiger partial charge on any atom is 0.407 e. The Labute approximate surface area is 164 Å². The van der Waals surface area contributed by atoms with Crippen LogP contribution in [-0.2, 0) is 0 Å². The highest BCUT2D eigenvalue weighted by molar-refractivity contribution is 5.65. The van der Waals surface area contributed by atoms with Gasteiger partial charge < -0.3 is 19.5 Å². The lowest BCUT2D eigenvalue weighted by Crippen LogP contribution is -2.50. The summed E-state index contributed by atoms with van der Waals surface area (Å²) >= 11 is 0. The topological polar surface area (TPSA) is 81.0 Å². The number of nitrogens with zero attached hydrogens (tertiary/aromatic N) is 2. The summed E-state index contributed by atoms with van der Waals surface area (Å²) in [4.78, 5) is 25.5. The number of benzene rings is 1. The average molecular weight is 386 g/mol. The molecule has 1 N–H and O–H groups in total. The van der Waals surface area contributed by atoms with Crippen LogP contribution in [0.4, 0.5) is 4.79 Å². The normalized spacial score (nSPS) is 19.5. The Bertz CT molecular complexity index is 892. The molecule has 7 nitrogen and oxygen atoms in total. The van der Waals surface area contributed by atoms with E-state index < -0.39 is 6.09 Å². The van der Waals surface area contributed by atoms with Crippen molar-refractivity contribution in [1.29, 1.82) is 0 Å². The van der Waals surface area contributed by atoms with E-state index >= 15 is 0 Å². The number of amides is 1. The van der Waals surface area contributed by atoms with Crippen molar-refractivity contribution >= 4 is 6.09 Å². The molecule has 2 unspecified atom stereocenters. The summed E-state index contributed by atoms with van der Waals surface area (Å²) in [5.41, 5.74) is 0.514. The van der Waals surface area contributed by atoms with E-state index in [1.54, 1.807) is 25.4 Å². The van der Waals surface area contributed by atoms with Crippen molar-refractivity contribution in [3.8, 4) is 17.2 Å². The molecule has 1 saturated heterocycles. The summed E-state index contributed by atoms with van der Waals surface area (Å²) in [7, 11) is 1.58. The minimum atomic E-state index is -0.891. The lowest BCUT2D eigenvalue weighted by Gasteiger charge is -2.39. The molecule has 0 radical (unpaired) electrons. The third-order valence-electron chi connectivity index (χ3n) is 5.14. The van der Waals surface area contributed by atoms with Crippen LogP contribution in [0.2, 0.25) is 0 Å². The number of hydrogen-bond acceptors (Lipinski definition) is 4. The molecule has 1 aromatic carbocycles. The van der Waals surface area contributed by atoms with Gasteiger partial charge >= 0.3 is 6.09 Å². The van der Waals surface area contributed by atoms with Crippen LogP contribution in [0, 0.1) is 5.92 Å². The number of carboxylic acid groups (broad SMARTS) is 1. The number of methoxy groups -OCH3 is 1. The third-order valence-corrected chi connectivity index (χ3v) is 5.14. The third kappa shape index (κ3) is 4.30. The molecule has 1 aliphatic heterocycles. The molecule has 1 aromatic heterocycles.